The Balaban J connectivity index is 0.00000576. The molecule has 25 heavy (non-hydrogen) atoms. The third-order valence-electron chi connectivity index (χ3n) is 3.35. The normalized spacial score (nSPS) is 13.8. The Hall–Kier alpha value is -0.670. The molecule has 0 saturated heterocycles. The van der Waals surface area contributed by atoms with Gasteiger partial charge in [0.15, 0.2) is 5.96 Å². The molecule has 5 nitrogen and oxygen atoms in total. The number of ether oxygens (including phenoxy) is 1. The molecule has 2 atom stereocenters. The Morgan fingerprint density at radius 2 is 1.84 bits per heavy atom. The zero-order valence-electron chi connectivity index (χ0n) is 15.8. The fraction of sp³-hybridized carbons (Fsp3) is 0.611. The number of aliphatic imine (C=N–C) groups is 1. The molecule has 0 saturated carbocycles. The monoisotopic (exact) mass is 481 g/mol. The van der Waals surface area contributed by atoms with Crippen molar-refractivity contribution in [2.45, 2.75) is 45.2 Å². The standard InChI is InChI=1S/C18H31N3O2S.HI/c1-6-19-18(20-11-14(4)24-5)21-12-17(22)15-7-9-16(10-8-15)23-13(2)3;/h7-10,13-14,17,22H,6,11-12H2,1-5H3,(H2,19,20,21);1H. The number of aliphatic hydroxyl groups excluding tert-OH is 1. The number of hydrogen-bond donors (Lipinski definition) is 3. The summed E-state index contributed by atoms with van der Waals surface area (Å²) in [5.74, 6) is 1.55. The van der Waals surface area contributed by atoms with E-state index in [4.69, 9.17) is 4.74 Å². The second-order valence-corrected chi connectivity index (χ2v) is 7.17. The number of nitrogens with one attached hydrogen (secondary N) is 2. The quantitative estimate of drug-likeness (QED) is 0.287. The van der Waals surface area contributed by atoms with Crippen LogP contribution < -0.4 is 15.4 Å². The summed E-state index contributed by atoms with van der Waals surface area (Å²) in [7, 11) is 0. The fourth-order valence-electron chi connectivity index (χ4n) is 1.99. The molecule has 0 amide bonds. The highest BCUT2D eigenvalue weighted by atomic mass is 127. The van der Waals surface area contributed by atoms with E-state index in [2.05, 4.69) is 28.8 Å². The molecule has 0 aliphatic heterocycles. The molecule has 1 rings (SSSR count). The molecule has 3 N–H and O–H groups in total. The van der Waals surface area contributed by atoms with E-state index < -0.39 is 6.10 Å². The van der Waals surface area contributed by atoms with Crippen LogP contribution in [-0.2, 0) is 0 Å². The van der Waals surface area contributed by atoms with Crippen LogP contribution in [0.1, 0.15) is 39.4 Å². The lowest BCUT2D eigenvalue weighted by Crippen LogP contribution is -2.39. The summed E-state index contributed by atoms with van der Waals surface area (Å²) in [5.41, 5.74) is 0.854. The summed E-state index contributed by atoms with van der Waals surface area (Å²) in [6, 6.07) is 7.56. The first-order valence-corrected chi connectivity index (χ1v) is 9.74. The van der Waals surface area contributed by atoms with Gasteiger partial charge in [-0.15, -0.1) is 24.0 Å². The van der Waals surface area contributed by atoms with Crippen molar-refractivity contribution in [3.05, 3.63) is 29.8 Å². The van der Waals surface area contributed by atoms with E-state index in [0.29, 0.717) is 11.8 Å². The van der Waals surface area contributed by atoms with Crippen LogP contribution in [0, 0.1) is 0 Å². The van der Waals surface area contributed by atoms with Crippen molar-refractivity contribution >= 4 is 41.7 Å². The fourth-order valence-corrected chi connectivity index (χ4v) is 2.21. The Morgan fingerprint density at radius 3 is 2.36 bits per heavy atom. The SMILES string of the molecule is CCNC(=NCC(C)SC)NCC(O)c1ccc(OC(C)C)cc1.I. The van der Waals surface area contributed by atoms with Gasteiger partial charge in [-0.25, -0.2) is 0 Å². The second kappa shape index (κ2) is 13.5. The van der Waals surface area contributed by atoms with Crippen LogP contribution >= 0.6 is 35.7 Å². The van der Waals surface area contributed by atoms with Gasteiger partial charge in [0.25, 0.3) is 0 Å². The van der Waals surface area contributed by atoms with Gasteiger partial charge in [-0.2, -0.15) is 11.8 Å². The largest absolute Gasteiger partial charge is 0.491 e. The first-order chi connectivity index (χ1) is 11.5. The number of benzene rings is 1. The summed E-state index contributed by atoms with van der Waals surface area (Å²) in [6.07, 6.45) is 1.63. The van der Waals surface area contributed by atoms with E-state index in [0.717, 1.165) is 30.4 Å². The average molecular weight is 481 g/mol. The molecular weight excluding hydrogens is 449 g/mol. The lowest BCUT2D eigenvalue weighted by Gasteiger charge is -2.17. The number of thioether (sulfide) groups is 1. The minimum atomic E-state index is -0.597. The Labute approximate surface area is 173 Å². The van der Waals surface area contributed by atoms with Crippen molar-refractivity contribution < 1.29 is 9.84 Å². The number of aliphatic hydroxyl groups is 1. The third-order valence-corrected chi connectivity index (χ3v) is 4.31. The van der Waals surface area contributed by atoms with Gasteiger partial charge in [-0.3, -0.25) is 4.99 Å². The molecule has 7 heteroatoms. The molecule has 1 aromatic rings. The summed E-state index contributed by atoms with van der Waals surface area (Å²) in [6.45, 7) is 10.1. The predicted octanol–water partition coefficient (Wildman–Crippen LogP) is 3.43. The molecule has 0 spiro atoms. The number of halogens is 1. The topological polar surface area (TPSA) is 65.9 Å². The van der Waals surface area contributed by atoms with Gasteiger partial charge in [0.1, 0.15) is 5.75 Å². The van der Waals surface area contributed by atoms with Crippen LogP contribution in [0.25, 0.3) is 0 Å². The van der Waals surface area contributed by atoms with Gasteiger partial charge in [0.05, 0.1) is 18.8 Å². The Bertz CT molecular complexity index is 498. The van der Waals surface area contributed by atoms with Crippen LogP contribution in [0.2, 0.25) is 0 Å². The van der Waals surface area contributed by atoms with Crippen molar-refractivity contribution in [1.82, 2.24) is 10.6 Å². The molecule has 0 heterocycles. The Kier molecular flexibility index (Phi) is 13.2. The minimum absolute atomic E-state index is 0. The van der Waals surface area contributed by atoms with Gasteiger partial charge >= 0.3 is 0 Å². The van der Waals surface area contributed by atoms with Gasteiger partial charge < -0.3 is 20.5 Å². The van der Waals surface area contributed by atoms with Crippen LogP contribution in [0.3, 0.4) is 0 Å². The first kappa shape index (κ1) is 24.3. The molecule has 144 valence electrons. The summed E-state index contributed by atoms with van der Waals surface area (Å²) >= 11 is 1.79. The number of hydrogen-bond acceptors (Lipinski definition) is 4. The highest BCUT2D eigenvalue weighted by Gasteiger charge is 2.09. The number of guanidine groups is 1. The molecular formula is C18H32IN3O2S. The van der Waals surface area contributed by atoms with Gasteiger partial charge in [0, 0.05) is 18.3 Å². The van der Waals surface area contributed by atoms with E-state index in [9.17, 15) is 5.11 Å². The number of nitrogens with zero attached hydrogens (tertiary/aromatic N) is 1. The van der Waals surface area contributed by atoms with E-state index in [1.54, 1.807) is 11.8 Å². The second-order valence-electron chi connectivity index (χ2n) is 5.90. The average Bonchev–Trinajstić information content (AvgIpc) is 2.56. The van der Waals surface area contributed by atoms with E-state index in [1.807, 2.05) is 45.0 Å². The molecule has 0 aliphatic rings. The van der Waals surface area contributed by atoms with Gasteiger partial charge in [-0.1, -0.05) is 19.1 Å². The van der Waals surface area contributed by atoms with E-state index in [1.165, 1.54) is 0 Å². The molecule has 0 fully saturated rings. The minimum Gasteiger partial charge on any atom is -0.491 e. The Morgan fingerprint density at radius 1 is 1.20 bits per heavy atom. The predicted molar refractivity (Wildman–Crippen MR) is 120 cm³/mol. The van der Waals surface area contributed by atoms with Crippen molar-refractivity contribution in [2.75, 3.05) is 25.9 Å². The molecule has 0 aromatic heterocycles. The lowest BCUT2D eigenvalue weighted by molar-refractivity contribution is 0.180. The maximum Gasteiger partial charge on any atom is 0.191 e. The van der Waals surface area contributed by atoms with Crippen LogP contribution in [0.4, 0.5) is 0 Å². The molecule has 0 radical (unpaired) electrons. The third kappa shape index (κ3) is 10.2. The van der Waals surface area contributed by atoms with Crippen LogP contribution in [-0.4, -0.2) is 48.3 Å². The van der Waals surface area contributed by atoms with Crippen molar-refractivity contribution in [3.63, 3.8) is 0 Å². The maximum absolute atomic E-state index is 10.3. The van der Waals surface area contributed by atoms with Gasteiger partial charge in [-0.05, 0) is 44.7 Å². The van der Waals surface area contributed by atoms with E-state index >= 15 is 0 Å². The van der Waals surface area contributed by atoms with Gasteiger partial charge in [0.2, 0.25) is 0 Å². The molecule has 0 aliphatic carbocycles. The molecule has 0 bridgehead atoms. The van der Waals surface area contributed by atoms with Crippen LogP contribution in [0.5, 0.6) is 5.75 Å². The highest BCUT2D eigenvalue weighted by molar-refractivity contribution is 14.0. The lowest BCUT2D eigenvalue weighted by atomic mass is 10.1. The van der Waals surface area contributed by atoms with Crippen molar-refractivity contribution in [1.29, 1.82) is 0 Å². The number of rotatable bonds is 9. The maximum atomic E-state index is 10.3. The molecule has 1 aromatic carbocycles. The first-order valence-electron chi connectivity index (χ1n) is 8.45. The zero-order chi connectivity index (χ0) is 17.9. The summed E-state index contributed by atoms with van der Waals surface area (Å²) in [5, 5.41) is 17.2. The van der Waals surface area contributed by atoms with E-state index in [-0.39, 0.29) is 30.1 Å². The molecule has 2 unspecified atom stereocenters. The van der Waals surface area contributed by atoms with Crippen molar-refractivity contribution in [3.8, 4) is 5.75 Å². The highest BCUT2D eigenvalue weighted by Crippen LogP contribution is 2.18. The summed E-state index contributed by atoms with van der Waals surface area (Å²) < 4.78 is 5.62. The smallest absolute Gasteiger partial charge is 0.191 e. The van der Waals surface area contributed by atoms with Crippen LogP contribution in [0.15, 0.2) is 29.3 Å². The summed E-state index contributed by atoms with van der Waals surface area (Å²) in [4.78, 5) is 4.54. The van der Waals surface area contributed by atoms with Crippen molar-refractivity contribution in [2.24, 2.45) is 4.99 Å². The zero-order valence-corrected chi connectivity index (χ0v) is 18.9.